The third kappa shape index (κ3) is 23.7. The van der Waals surface area contributed by atoms with Gasteiger partial charge in [0.2, 0.25) is 11.8 Å². The molecule has 0 atom stereocenters. The van der Waals surface area contributed by atoms with E-state index in [0.717, 1.165) is 25.7 Å². The molecular weight excluding hydrogens is 516 g/mol. The summed E-state index contributed by atoms with van der Waals surface area (Å²) >= 11 is 0. The highest BCUT2D eigenvalue weighted by Gasteiger charge is 2.09. The van der Waals surface area contributed by atoms with Crippen LogP contribution in [0.3, 0.4) is 0 Å². The summed E-state index contributed by atoms with van der Waals surface area (Å²) in [6.45, 7) is 4.55. The van der Waals surface area contributed by atoms with Gasteiger partial charge in [-0.2, -0.15) is 0 Å². The van der Waals surface area contributed by atoms with Crippen molar-refractivity contribution in [1.29, 1.82) is 0 Å². The monoisotopic (exact) mass is 585 g/mol. The van der Waals surface area contributed by atoms with E-state index in [-0.39, 0.29) is 11.8 Å². The van der Waals surface area contributed by atoms with Gasteiger partial charge in [-0.05, 0) is 25.0 Å². The van der Waals surface area contributed by atoms with E-state index in [2.05, 4.69) is 24.5 Å². The number of hydrogen-bond donors (Lipinski definition) is 2. The molecular formula is C38H68N2O2. The van der Waals surface area contributed by atoms with Crippen molar-refractivity contribution in [1.82, 2.24) is 0 Å². The van der Waals surface area contributed by atoms with Crippen LogP contribution in [0.4, 0.5) is 11.4 Å². The van der Waals surface area contributed by atoms with E-state index >= 15 is 0 Å². The number of anilines is 2. The second kappa shape index (κ2) is 29.2. The predicted molar refractivity (Wildman–Crippen MR) is 184 cm³/mol. The SMILES string of the molecule is CCCCCCCCCCCCCCCC(=O)Nc1ccccc1NC(=O)CCCCCCCCCCCCCCC. The highest BCUT2D eigenvalue weighted by Crippen LogP contribution is 2.22. The Balaban J connectivity index is 2.05. The van der Waals surface area contributed by atoms with Crippen molar-refractivity contribution in [2.24, 2.45) is 0 Å². The molecule has 0 aliphatic rings. The van der Waals surface area contributed by atoms with Crippen LogP contribution in [0.15, 0.2) is 24.3 Å². The maximum Gasteiger partial charge on any atom is 0.224 e. The molecule has 4 heteroatoms. The van der Waals surface area contributed by atoms with Gasteiger partial charge in [-0.25, -0.2) is 0 Å². The Morgan fingerprint density at radius 3 is 0.905 bits per heavy atom. The van der Waals surface area contributed by atoms with Crippen LogP contribution in [-0.2, 0) is 9.59 Å². The van der Waals surface area contributed by atoms with Crippen LogP contribution in [0.5, 0.6) is 0 Å². The highest BCUT2D eigenvalue weighted by atomic mass is 16.2. The summed E-state index contributed by atoms with van der Waals surface area (Å²) in [4.78, 5) is 25.1. The maximum atomic E-state index is 12.5. The Labute approximate surface area is 261 Å². The lowest BCUT2D eigenvalue weighted by Crippen LogP contribution is -2.16. The topological polar surface area (TPSA) is 58.2 Å². The van der Waals surface area contributed by atoms with Gasteiger partial charge >= 0.3 is 0 Å². The minimum absolute atomic E-state index is 0.0382. The lowest BCUT2D eigenvalue weighted by molar-refractivity contribution is -0.117. The van der Waals surface area contributed by atoms with Crippen molar-refractivity contribution >= 4 is 23.2 Å². The number of carbonyl (C=O) groups excluding carboxylic acids is 2. The number of rotatable bonds is 30. The molecule has 4 nitrogen and oxygen atoms in total. The van der Waals surface area contributed by atoms with Crippen LogP contribution in [0.2, 0.25) is 0 Å². The van der Waals surface area contributed by atoms with Crippen molar-refractivity contribution in [3.05, 3.63) is 24.3 Å². The fourth-order valence-corrected chi connectivity index (χ4v) is 5.73. The zero-order valence-corrected chi connectivity index (χ0v) is 27.9. The smallest absolute Gasteiger partial charge is 0.224 e. The summed E-state index contributed by atoms with van der Waals surface area (Å²) in [6, 6.07) is 7.57. The Morgan fingerprint density at radius 2 is 0.643 bits per heavy atom. The highest BCUT2D eigenvalue weighted by molar-refractivity contribution is 5.99. The number of nitrogens with one attached hydrogen (secondary N) is 2. The normalized spacial score (nSPS) is 11.1. The van der Waals surface area contributed by atoms with Crippen molar-refractivity contribution < 1.29 is 9.59 Å². The molecule has 0 fully saturated rings. The first-order valence-electron chi connectivity index (χ1n) is 18.4. The number of para-hydroxylation sites is 2. The van der Waals surface area contributed by atoms with Crippen molar-refractivity contribution in [2.75, 3.05) is 10.6 Å². The predicted octanol–water partition coefficient (Wildman–Crippen LogP) is 12.5. The minimum Gasteiger partial charge on any atom is -0.324 e. The first kappa shape index (κ1) is 38.2. The number of carbonyl (C=O) groups is 2. The molecule has 0 heterocycles. The second-order valence-electron chi connectivity index (χ2n) is 12.6. The molecule has 0 aliphatic carbocycles. The van der Waals surface area contributed by atoms with Crippen molar-refractivity contribution in [2.45, 2.75) is 194 Å². The molecule has 1 aromatic rings. The second-order valence-corrected chi connectivity index (χ2v) is 12.6. The number of hydrogen-bond acceptors (Lipinski definition) is 2. The largest absolute Gasteiger partial charge is 0.324 e. The molecule has 1 rings (SSSR count). The molecule has 42 heavy (non-hydrogen) atoms. The van der Waals surface area contributed by atoms with Gasteiger partial charge in [0, 0.05) is 12.8 Å². The molecule has 0 spiro atoms. The van der Waals surface area contributed by atoms with Gasteiger partial charge in [0.15, 0.2) is 0 Å². The van der Waals surface area contributed by atoms with E-state index in [9.17, 15) is 9.59 Å². The fourth-order valence-electron chi connectivity index (χ4n) is 5.73. The third-order valence-electron chi connectivity index (χ3n) is 8.49. The van der Waals surface area contributed by atoms with E-state index in [1.807, 2.05) is 24.3 Å². The van der Waals surface area contributed by atoms with Crippen molar-refractivity contribution in [3.63, 3.8) is 0 Å². The summed E-state index contributed by atoms with van der Waals surface area (Å²) in [5.41, 5.74) is 1.41. The van der Waals surface area contributed by atoms with E-state index in [4.69, 9.17) is 0 Å². The lowest BCUT2D eigenvalue weighted by atomic mass is 10.0. The molecule has 0 saturated carbocycles. The first-order chi connectivity index (χ1) is 20.7. The van der Waals surface area contributed by atoms with Gasteiger partial charge in [-0.1, -0.05) is 180 Å². The minimum atomic E-state index is 0.0382. The van der Waals surface area contributed by atoms with Gasteiger partial charge in [-0.15, -0.1) is 0 Å². The summed E-state index contributed by atoms with van der Waals surface area (Å²) < 4.78 is 0. The average Bonchev–Trinajstić information content (AvgIpc) is 2.99. The average molecular weight is 585 g/mol. The molecule has 242 valence electrons. The van der Waals surface area contributed by atoms with E-state index in [0.29, 0.717) is 24.2 Å². The van der Waals surface area contributed by atoms with Gasteiger partial charge in [0.25, 0.3) is 0 Å². The molecule has 2 N–H and O–H groups in total. The number of unbranched alkanes of at least 4 members (excludes halogenated alkanes) is 24. The Bertz CT molecular complexity index is 700. The van der Waals surface area contributed by atoms with Gasteiger partial charge in [0.1, 0.15) is 0 Å². The summed E-state index contributed by atoms with van der Waals surface area (Å²) in [5, 5.41) is 6.05. The maximum absolute atomic E-state index is 12.5. The molecule has 0 bridgehead atoms. The van der Waals surface area contributed by atoms with Crippen molar-refractivity contribution in [3.8, 4) is 0 Å². The molecule has 0 aliphatic heterocycles. The number of benzene rings is 1. The first-order valence-corrected chi connectivity index (χ1v) is 18.4. The van der Waals surface area contributed by atoms with E-state index < -0.39 is 0 Å². The summed E-state index contributed by atoms with van der Waals surface area (Å²) in [5.74, 6) is 0.0764. The molecule has 2 amide bonds. The van der Waals surface area contributed by atoms with Crippen LogP contribution >= 0.6 is 0 Å². The van der Waals surface area contributed by atoms with Crippen LogP contribution in [0.1, 0.15) is 194 Å². The molecule has 1 aromatic carbocycles. The van der Waals surface area contributed by atoms with Gasteiger partial charge in [-0.3, -0.25) is 9.59 Å². The third-order valence-corrected chi connectivity index (χ3v) is 8.49. The Hall–Kier alpha value is -1.84. The summed E-state index contributed by atoms with van der Waals surface area (Å²) in [6.07, 6.45) is 34.9. The van der Waals surface area contributed by atoms with Crippen LogP contribution < -0.4 is 10.6 Å². The molecule has 0 aromatic heterocycles. The van der Waals surface area contributed by atoms with Gasteiger partial charge in [0.05, 0.1) is 11.4 Å². The van der Waals surface area contributed by atoms with Crippen LogP contribution in [-0.4, -0.2) is 11.8 Å². The Kier molecular flexibility index (Phi) is 26.6. The fraction of sp³-hybridized carbons (Fsp3) is 0.789. The van der Waals surface area contributed by atoms with Crippen LogP contribution in [0.25, 0.3) is 0 Å². The van der Waals surface area contributed by atoms with E-state index in [1.54, 1.807) is 0 Å². The lowest BCUT2D eigenvalue weighted by Gasteiger charge is -2.12. The van der Waals surface area contributed by atoms with Crippen LogP contribution in [0, 0.1) is 0 Å². The Morgan fingerprint density at radius 1 is 0.405 bits per heavy atom. The number of amides is 2. The molecule has 0 saturated heterocycles. The van der Waals surface area contributed by atoms with Gasteiger partial charge < -0.3 is 10.6 Å². The summed E-state index contributed by atoms with van der Waals surface area (Å²) in [7, 11) is 0. The molecule has 0 radical (unpaired) electrons. The molecule has 0 unspecified atom stereocenters. The zero-order chi connectivity index (χ0) is 30.4. The zero-order valence-electron chi connectivity index (χ0n) is 27.9. The quantitative estimate of drug-likeness (QED) is 0.0883. The standard InChI is InChI=1S/C38H68N2O2/c1-3-5-7-9-11-13-15-17-19-21-23-25-27-33-37(41)39-35-31-29-30-32-36(35)40-38(42)34-28-26-24-22-20-18-16-14-12-10-8-6-4-2/h29-32H,3-28,33-34H2,1-2H3,(H,39,41)(H,40,42). The van der Waals surface area contributed by atoms with E-state index in [1.165, 1.54) is 141 Å².